The maximum absolute atomic E-state index is 7.56. The molecule has 2 nitrogen and oxygen atoms in total. The first-order valence-corrected chi connectivity index (χ1v) is 5.15. The fraction of sp³-hybridized carbons (Fsp3) is 0.583. The lowest BCUT2D eigenvalue weighted by atomic mass is 9.99. The topological polar surface area (TPSA) is 49.9 Å². The Labute approximate surface area is 87.4 Å². The minimum Gasteiger partial charge on any atom is -0.403 e. The molecule has 0 rings (SSSR count). The molecule has 0 spiro atoms. The molecule has 2 heteroatoms. The highest BCUT2D eigenvalue weighted by molar-refractivity contribution is 5.95. The van der Waals surface area contributed by atoms with Crippen molar-refractivity contribution in [2.75, 3.05) is 0 Å². The van der Waals surface area contributed by atoms with Crippen LogP contribution < -0.4 is 5.73 Å². The van der Waals surface area contributed by atoms with Crippen molar-refractivity contribution in [1.29, 1.82) is 5.41 Å². The first kappa shape index (κ1) is 12.9. The molecule has 0 aliphatic heterocycles. The molecule has 0 radical (unpaired) electrons. The largest absolute Gasteiger partial charge is 0.403 e. The minimum atomic E-state index is 0.676. The van der Waals surface area contributed by atoms with E-state index in [1.807, 2.05) is 26.8 Å². The van der Waals surface area contributed by atoms with Crippen LogP contribution in [0, 0.1) is 5.41 Å². The van der Waals surface area contributed by atoms with Gasteiger partial charge in [-0.3, -0.25) is 0 Å². The maximum Gasteiger partial charge on any atom is 0.0311 e. The fourth-order valence-corrected chi connectivity index (χ4v) is 1.37. The van der Waals surface area contributed by atoms with Gasteiger partial charge in [0.25, 0.3) is 0 Å². The predicted octanol–water partition coefficient (Wildman–Crippen LogP) is 3.40. The summed E-state index contributed by atoms with van der Waals surface area (Å²) in [6.07, 6.45) is 5.07. The van der Waals surface area contributed by atoms with Crippen molar-refractivity contribution in [1.82, 2.24) is 0 Å². The van der Waals surface area contributed by atoms with E-state index in [1.165, 1.54) is 5.57 Å². The van der Waals surface area contributed by atoms with Crippen molar-refractivity contribution in [3.05, 3.63) is 22.9 Å². The van der Waals surface area contributed by atoms with E-state index in [1.54, 1.807) is 0 Å². The molecular formula is C12H22N2. The van der Waals surface area contributed by atoms with Gasteiger partial charge in [0, 0.05) is 11.4 Å². The van der Waals surface area contributed by atoms with Gasteiger partial charge < -0.3 is 11.1 Å². The van der Waals surface area contributed by atoms with E-state index in [-0.39, 0.29) is 0 Å². The Hall–Kier alpha value is -1.05. The molecule has 0 aromatic heterocycles. The third-order valence-electron chi connectivity index (χ3n) is 2.43. The summed E-state index contributed by atoms with van der Waals surface area (Å²) < 4.78 is 0. The van der Waals surface area contributed by atoms with E-state index in [0.717, 1.165) is 30.5 Å². The van der Waals surface area contributed by atoms with Crippen molar-refractivity contribution in [2.45, 2.75) is 47.0 Å². The highest BCUT2D eigenvalue weighted by atomic mass is 14.5. The van der Waals surface area contributed by atoms with Crippen LogP contribution in [0.3, 0.4) is 0 Å². The Morgan fingerprint density at radius 3 is 2.21 bits per heavy atom. The second kappa shape index (κ2) is 6.41. The van der Waals surface area contributed by atoms with E-state index in [0.29, 0.717) is 5.71 Å². The monoisotopic (exact) mass is 194 g/mol. The average molecular weight is 194 g/mol. The average Bonchev–Trinajstić information content (AvgIpc) is 2.10. The lowest BCUT2D eigenvalue weighted by Crippen LogP contribution is -1.97. The number of hydrogen-bond acceptors (Lipinski definition) is 2. The number of rotatable bonds is 5. The van der Waals surface area contributed by atoms with Crippen LogP contribution in [0.5, 0.6) is 0 Å². The molecule has 0 unspecified atom stereocenters. The second-order valence-electron chi connectivity index (χ2n) is 3.69. The standard InChI is InChI=1S/C12H22N2/c1-5-12(10(3)11(4)14)8-6-7-9(2)13/h7,14H,5-6,8,13H2,1-4H3/b9-7+,12-10-,14-11?. The first-order chi connectivity index (χ1) is 6.49. The molecule has 0 aromatic carbocycles. The van der Waals surface area contributed by atoms with Crippen molar-refractivity contribution < 1.29 is 0 Å². The quantitative estimate of drug-likeness (QED) is 0.647. The van der Waals surface area contributed by atoms with Gasteiger partial charge in [0.05, 0.1) is 0 Å². The van der Waals surface area contributed by atoms with Crippen molar-refractivity contribution >= 4 is 5.71 Å². The zero-order chi connectivity index (χ0) is 11.1. The summed E-state index contributed by atoms with van der Waals surface area (Å²) in [4.78, 5) is 0. The molecule has 0 saturated carbocycles. The van der Waals surface area contributed by atoms with Crippen LogP contribution in [-0.4, -0.2) is 5.71 Å². The Balaban J connectivity index is 4.37. The molecule has 0 bridgehead atoms. The summed E-state index contributed by atoms with van der Waals surface area (Å²) in [5.74, 6) is 0. The third kappa shape index (κ3) is 4.85. The van der Waals surface area contributed by atoms with Crippen LogP contribution in [0.15, 0.2) is 22.9 Å². The zero-order valence-corrected chi connectivity index (χ0v) is 9.78. The SMILES string of the molecule is CC/C(CC/C=C(\C)N)=C(\C)C(C)=N. The Bertz CT molecular complexity index is 255. The highest BCUT2D eigenvalue weighted by Gasteiger charge is 2.01. The van der Waals surface area contributed by atoms with Gasteiger partial charge in [-0.2, -0.15) is 0 Å². The fourth-order valence-electron chi connectivity index (χ4n) is 1.37. The lowest BCUT2D eigenvalue weighted by molar-refractivity contribution is 0.889. The van der Waals surface area contributed by atoms with E-state index in [4.69, 9.17) is 11.1 Å². The maximum atomic E-state index is 7.56. The number of nitrogens with one attached hydrogen (secondary N) is 1. The molecule has 0 fully saturated rings. The molecule has 0 aromatic rings. The molecule has 0 heterocycles. The van der Waals surface area contributed by atoms with Crippen molar-refractivity contribution in [3.63, 3.8) is 0 Å². The van der Waals surface area contributed by atoms with Gasteiger partial charge in [0.2, 0.25) is 0 Å². The van der Waals surface area contributed by atoms with Crippen molar-refractivity contribution in [2.24, 2.45) is 5.73 Å². The lowest BCUT2D eigenvalue weighted by Gasteiger charge is -2.08. The summed E-state index contributed by atoms with van der Waals surface area (Å²) in [6, 6.07) is 0. The highest BCUT2D eigenvalue weighted by Crippen LogP contribution is 2.16. The van der Waals surface area contributed by atoms with Crippen molar-refractivity contribution in [3.8, 4) is 0 Å². The van der Waals surface area contributed by atoms with Gasteiger partial charge in [-0.15, -0.1) is 0 Å². The number of allylic oxidation sites excluding steroid dienone is 4. The van der Waals surface area contributed by atoms with Crippen LogP contribution in [0.4, 0.5) is 0 Å². The second-order valence-corrected chi connectivity index (χ2v) is 3.69. The molecule has 80 valence electrons. The minimum absolute atomic E-state index is 0.676. The summed E-state index contributed by atoms with van der Waals surface area (Å²) in [5.41, 5.74) is 9.62. The van der Waals surface area contributed by atoms with Crippen LogP contribution in [0.25, 0.3) is 0 Å². The van der Waals surface area contributed by atoms with E-state index in [2.05, 4.69) is 6.92 Å². The van der Waals surface area contributed by atoms with E-state index >= 15 is 0 Å². The Morgan fingerprint density at radius 1 is 1.29 bits per heavy atom. The van der Waals surface area contributed by atoms with E-state index in [9.17, 15) is 0 Å². The molecule has 0 aliphatic rings. The van der Waals surface area contributed by atoms with Crippen LogP contribution >= 0.6 is 0 Å². The summed E-state index contributed by atoms with van der Waals surface area (Å²) in [7, 11) is 0. The summed E-state index contributed by atoms with van der Waals surface area (Å²) >= 11 is 0. The number of nitrogens with two attached hydrogens (primary N) is 1. The first-order valence-electron chi connectivity index (χ1n) is 5.15. The Morgan fingerprint density at radius 2 is 1.86 bits per heavy atom. The summed E-state index contributed by atoms with van der Waals surface area (Å²) in [5, 5.41) is 7.56. The summed E-state index contributed by atoms with van der Waals surface area (Å²) in [6.45, 7) is 7.92. The van der Waals surface area contributed by atoms with Gasteiger partial charge >= 0.3 is 0 Å². The van der Waals surface area contributed by atoms with Gasteiger partial charge in [-0.25, -0.2) is 0 Å². The number of hydrogen-bond donors (Lipinski definition) is 2. The molecule has 14 heavy (non-hydrogen) atoms. The molecule has 0 aliphatic carbocycles. The van der Waals surface area contributed by atoms with Crippen LogP contribution in [0.1, 0.15) is 47.0 Å². The van der Waals surface area contributed by atoms with E-state index < -0.39 is 0 Å². The molecule has 0 atom stereocenters. The van der Waals surface area contributed by atoms with Crippen LogP contribution in [-0.2, 0) is 0 Å². The molecular weight excluding hydrogens is 172 g/mol. The van der Waals surface area contributed by atoms with Gasteiger partial charge in [-0.05, 0) is 45.6 Å². The predicted molar refractivity (Wildman–Crippen MR) is 63.6 cm³/mol. The third-order valence-corrected chi connectivity index (χ3v) is 2.43. The smallest absolute Gasteiger partial charge is 0.0311 e. The normalized spacial score (nSPS) is 13.9. The molecule has 0 saturated heterocycles. The molecule has 3 N–H and O–H groups in total. The van der Waals surface area contributed by atoms with Gasteiger partial charge in [0.1, 0.15) is 0 Å². The van der Waals surface area contributed by atoms with Gasteiger partial charge in [0.15, 0.2) is 0 Å². The zero-order valence-electron chi connectivity index (χ0n) is 9.78. The Kier molecular flexibility index (Phi) is 5.93. The molecule has 0 amide bonds. The van der Waals surface area contributed by atoms with Gasteiger partial charge in [-0.1, -0.05) is 18.6 Å². The van der Waals surface area contributed by atoms with Crippen LogP contribution in [0.2, 0.25) is 0 Å².